The molecule has 2 aromatic rings. The molecule has 0 radical (unpaired) electrons. The number of carbonyl (C=O) groups excluding carboxylic acids is 1. The van der Waals surface area contributed by atoms with Crippen LogP contribution >= 0.6 is 0 Å². The van der Waals surface area contributed by atoms with Crippen LogP contribution in [0.3, 0.4) is 0 Å². The van der Waals surface area contributed by atoms with Crippen molar-refractivity contribution in [2.24, 2.45) is 0 Å². The molecule has 1 atom stereocenters. The van der Waals surface area contributed by atoms with Gasteiger partial charge in [-0.3, -0.25) is 14.4 Å². The number of morpholine rings is 1. The molecule has 1 aromatic carbocycles. The second-order valence-electron chi connectivity index (χ2n) is 7.34. The number of nitrogens with zero attached hydrogens (tertiary/aromatic N) is 4. The Morgan fingerprint density at radius 3 is 2.77 bits per heavy atom. The van der Waals surface area contributed by atoms with E-state index in [1.54, 1.807) is 10.9 Å². The maximum Gasteiger partial charge on any atom is 0.276 e. The minimum absolute atomic E-state index is 0.0353. The summed E-state index contributed by atoms with van der Waals surface area (Å²) in [6, 6.07) is 10.3. The van der Waals surface area contributed by atoms with E-state index in [0.29, 0.717) is 11.6 Å². The third-order valence-corrected chi connectivity index (χ3v) is 5.28. The van der Waals surface area contributed by atoms with Gasteiger partial charge < -0.3 is 9.64 Å². The molecule has 0 aliphatic carbocycles. The summed E-state index contributed by atoms with van der Waals surface area (Å²) in [4.78, 5) is 17.6. The zero-order valence-electron chi connectivity index (χ0n) is 15.5. The lowest BCUT2D eigenvalue weighted by molar-refractivity contribution is 0.0356. The molecule has 2 aliphatic rings. The van der Waals surface area contributed by atoms with E-state index < -0.39 is 0 Å². The normalized spacial score (nSPS) is 20.6. The Labute approximate surface area is 154 Å². The first-order valence-electron chi connectivity index (χ1n) is 9.39. The maximum absolute atomic E-state index is 13.3. The predicted molar refractivity (Wildman–Crippen MR) is 101 cm³/mol. The topological polar surface area (TPSA) is 50.6 Å². The van der Waals surface area contributed by atoms with Crippen LogP contribution in [-0.2, 0) is 4.74 Å². The Morgan fingerprint density at radius 2 is 2.00 bits per heavy atom. The molecule has 0 unspecified atom stereocenters. The van der Waals surface area contributed by atoms with E-state index in [4.69, 9.17) is 4.74 Å². The number of benzene rings is 1. The van der Waals surface area contributed by atoms with Gasteiger partial charge in [0.15, 0.2) is 0 Å². The van der Waals surface area contributed by atoms with E-state index in [0.717, 1.165) is 45.1 Å². The molecular weight excluding hydrogens is 328 g/mol. The molecule has 1 aromatic heterocycles. The monoisotopic (exact) mass is 354 g/mol. The van der Waals surface area contributed by atoms with Crippen molar-refractivity contribution in [1.82, 2.24) is 14.7 Å². The molecule has 1 amide bonds. The van der Waals surface area contributed by atoms with Gasteiger partial charge in [0.25, 0.3) is 5.91 Å². The van der Waals surface area contributed by atoms with Crippen LogP contribution in [0.2, 0.25) is 0 Å². The number of para-hydroxylation sites is 1. The predicted octanol–water partition coefficient (Wildman–Crippen LogP) is 2.54. The van der Waals surface area contributed by atoms with Crippen molar-refractivity contribution in [3.05, 3.63) is 47.8 Å². The molecule has 6 nitrogen and oxygen atoms in total. The highest BCUT2D eigenvalue weighted by Gasteiger charge is 2.35. The van der Waals surface area contributed by atoms with Crippen molar-refractivity contribution in [3.8, 4) is 0 Å². The number of hydrogen-bond acceptors (Lipinski definition) is 4. The fraction of sp³-hybridized carbons (Fsp3) is 0.500. The fourth-order valence-corrected chi connectivity index (χ4v) is 3.97. The van der Waals surface area contributed by atoms with Crippen molar-refractivity contribution in [3.63, 3.8) is 0 Å². The van der Waals surface area contributed by atoms with Gasteiger partial charge >= 0.3 is 0 Å². The smallest absolute Gasteiger partial charge is 0.276 e. The lowest BCUT2D eigenvalue weighted by Gasteiger charge is -2.29. The highest BCUT2D eigenvalue weighted by Crippen LogP contribution is 2.37. The zero-order chi connectivity index (χ0) is 18.1. The van der Waals surface area contributed by atoms with Crippen molar-refractivity contribution in [2.75, 3.05) is 44.3 Å². The van der Waals surface area contributed by atoms with E-state index in [2.05, 4.69) is 28.2 Å². The second-order valence-corrected chi connectivity index (χ2v) is 7.34. The maximum atomic E-state index is 13.3. The first kappa shape index (κ1) is 17.2. The number of hydrogen-bond donors (Lipinski definition) is 0. The number of fused-ring (bicyclic) bond motifs is 1. The molecule has 6 heteroatoms. The van der Waals surface area contributed by atoms with Crippen molar-refractivity contribution in [1.29, 1.82) is 0 Å². The molecule has 3 heterocycles. The fourth-order valence-electron chi connectivity index (χ4n) is 3.97. The Bertz CT molecular complexity index is 780. The van der Waals surface area contributed by atoms with Crippen molar-refractivity contribution in [2.45, 2.75) is 25.8 Å². The summed E-state index contributed by atoms with van der Waals surface area (Å²) < 4.78 is 7.27. The average Bonchev–Trinajstić information content (AvgIpc) is 3.28. The largest absolute Gasteiger partial charge is 0.379 e. The van der Waals surface area contributed by atoms with E-state index in [1.165, 1.54) is 5.56 Å². The third kappa shape index (κ3) is 3.15. The molecule has 26 heavy (non-hydrogen) atoms. The van der Waals surface area contributed by atoms with E-state index in [9.17, 15) is 4.79 Å². The van der Waals surface area contributed by atoms with Crippen LogP contribution in [0.15, 0.2) is 36.5 Å². The Balaban J connectivity index is 1.59. The van der Waals surface area contributed by atoms with Gasteiger partial charge in [-0.15, -0.1) is 0 Å². The summed E-state index contributed by atoms with van der Waals surface area (Å²) in [5, 5.41) is 4.32. The molecule has 1 fully saturated rings. The second kappa shape index (κ2) is 7.21. The van der Waals surface area contributed by atoms with Crippen LogP contribution in [0, 0.1) is 0 Å². The number of aromatic nitrogens is 2. The Morgan fingerprint density at radius 1 is 1.23 bits per heavy atom. The van der Waals surface area contributed by atoms with Gasteiger partial charge in [0.2, 0.25) is 0 Å². The van der Waals surface area contributed by atoms with Gasteiger partial charge in [-0.2, -0.15) is 5.10 Å². The van der Waals surface area contributed by atoms with Gasteiger partial charge in [0.05, 0.1) is 13.2 Å². The number of amides is 1. The highest BCUT2D eigenvalue weighted by atomic mass is 16.5. The van der Waals surface area contributed by atoms with Gasteiger partial charge in [0, 0.05) is 50.0 Å². The summed E-state index contributed by atoms with van der Waals surface area (Å²) in [6.07, 6.45) is 1.71. The van der Waals surface area contributed by atoms with Gasteiger partial charge in [-0.25, -0.2) is 0 Å². The van der Waals surface area contributed by atoms with Crippen LogP contribution in [0.4, 0.5) is 5.69 Å². The van der Waals surface area contributed by atoms with Crippen LogP contribution in [0.5, 0.6) is 0 Å². The Kier molecular flexibility index (Phi) is 4.78. The zero-order valence-corrected chi connectivity index (χ0v) is 15.5. The quantitative estimate of drug-likeness (QED) is 0.847. The van der Waals surface area contributed by atoms with Gasteiger partial charge in [0.1, 0.15) is 5.69 Å². The average molecular weight is 354 g/mol. The first-order chi connectivity index (χ1) is 12.6. The molecule has 0 saturated carbocycles. The number of carbonyl (C=O) groups is 1. The molecule has 0 spiro atoms. The van der Waals surface area contributed by atoms with E-state index in [-0.39, 0.29) is 11.9 Å². The first-order valence-corrected chi connectivity index (χ1v) is 9.39. The summed E-state index contributed by atoms with van der Waals surface area (Å²) in [5.41, 5.74) is 2.96. The third-order valence-electron chi connectivity index (χ3n) is 5.28. The molecular formula is C20H26N4O2. The minimum Gasteiger partial charge on any atom is -0.379 e. The van der Waals surface area contributed by atoms with Crippen LogP contribution in [-0.4, -0.2) is 60.0 Å². The van der Waals surface area contributed by atoms with Crippen molar-refractivity contribution >= 4 is 11.6 Å². The summed E-state index contributed by atoms with van der Waals surface area (Å²) >= 11 is 0. The highest BCUT2D eigenvalue weighted by molar-refractivity contribution is 6.06. The lowest BCUT2D eigenvalue weighted by atomic mass is 10.0. The Hall–Kier alpha value is -2.18. The summed E-state index contributed by atoms with van der Waals surface area (Å²) in [6.45, 7) is 9.30. The van der Waals surface area contributed by atoms with Gasteiger partial charge in [-0.05, 0) is 31.5 Å². The summed E-state index contributed by atoms with van der Waals surface area (Å²) in [7, 11) is 0. The van der Waals surface area contributed by atoms with E-state index >= 15 is 0 Å². The molecule has 0 bridgehead atoms. The van der Waals surface area contributed by atoms with Crippen LogP contribution in [0.25, 0.3) is 0 Å². The number of ether oxygens (including phenoxy) is 1. The van der Waals surface area contributed by atoms with Crippen LogP contribution < -0.4 is 4.90 Å². The number of anilines is 1. The molecule has 138 valence electrons. The SMILES string of the molecule is CC(C)n1nccc1C(=O)N1C[C@H](CN2CCOCC2)c2ccccc21. The number of rotatable bonds is 4. The van der Waals surface area contributed by atoms with Gasteiger partial charge in [-0.1, -0.05) is 18.2 Å². The van der Waals surface area contributed by atoms with Crippen molar-refractivity contribution < 1.29 is 9.53 Å². The minimum atomic E-state index is 0.0353. The van der Waals surface area contributed by atoms with Crippen LogP contribution in [0.1, 0.15) is 41.9 Å². The molecule has 4 rings (SSSR count). The molecule has 1 saturated heterocycles. The molecule has 0 N–H and O–H groups in total. The standard InChI is InChI=1S/C20H26N4O2/c1-15(2)24-19(7-8-21-24)20(25)23-14-16(13-22-9-11-26-12-10-22)17-5-3-4-6-18(17)23/h3-8,15-16H,9-14H2,1-2H3/t16-/m0/s1. The lowest BCUT2D eigenvalue weighted by Crippen LogP contribution is -2.40. The summed E-state index contributed by atoms with van der Waals surface area (Å²) in [5.74, 6) is 0.372. The molecule has 2 aliphatic heterocycles. The van der Waals surface area contributed by atoms with E-state index in [1.807, 2.05) is 30.9 Å².